The van der Waals surface area contributed by atoms with Crippen LogP contribution in [0.3, 0.4) is 0 Å². The van der Waals surface area contributed by atoms with Gasteiger partial charge in [0.2, 0.25) is 0 Å². The summed E-state index contributed by atoms with van der Waals surface area (Å²) >= 11 is 0. The van der Waals surface area contributed by atoms with E-state index in [4.69, 9.17) is 0 Å². The Balaban J connectivity index is 2.00. The monoisotopic (exact) mass is 262 g/mol. The summed E-state index contributed by atoms with van der Waals surface area (Å²) in [6, 6.07) is 0. The van der Waals surface area contributed by atoms with Crippen molar-refractivity contribution in [2.75, 3.05) is 0 Å². The summed E-state index contributed by atoms with van der Waals surface area (Å²) in [7, 11) is 0. The van der Waals surface area contributed by atoms with Gasteiger partial charge in [-0.05, 0) is 73.0 Å². The van der Waals surface area contributed by atoms with Crippen molar-refractivity contribution in [2.45, 2.75) is 66.7 Å². The van der Waals surface area contributed by atoms with Gasteiger partial charge in [0.05, 0.1) is 0 Å². The molecule has 1 nitrogen and oxygen atoms in total. The Morgan fingerprint density at radius 3 is 2.58 bits per heavy atom. The van der Waals surface area contributed by atoms with Gasteiger partial charge in [0, 0.05) is 6.42 Å². The lowest BCUT2D eigenvalue weighted by Crippen LogP contribution is -2.34. The Morgan fingerprint density at radius 1 is 1.26 bits per heavy atom. The SMILES string of the molecule is CC(=O)CC1C[C@@H](C)[C@]23CC[C@@H](C)[C@H](C2)C(C)(C)[C@H]13. The van der Waals surface area contributed by atoms with Gasteiger partial charge in [-0.3, -0.25) is 0 Å². The average Bonchev–Trinajstić information content (AvgIpc) is 2.65. The van der Waals surface area contributed by atoms with Crippen LogP contribution in [-0.4, -0.2) is 5.78 Å². The third-order valence-electron chi connectivity index (χ3n) is 7.39. The molecule has 3 fully saturated rings. The molecule has 0 aromatic rings. The highest BCUT2D eigenvalue weighted by molar-refractivity contribution is 5.75. The van der Waals surface area contributed by atoms with Gasteiger partial charge in [0.15, 0.2) is 0 Å². The Hall–Kier alpha value is -0.330. The van der Waals surface area contributed by atoms with Gasteiger partial charge < -0.3 is 4.79 Å². The van der Waals surface area contributed by atoms with Gasteiger partial charge in [-0.15, -0.1) is 0 Å². The Kier molecular flexibility index (Phi) is 2.93. The van der Waals surface area contributed by atoms with Crippen LogP contribution >= 0.6 is 0 Å². The zero-order chi connectivity index (χ0) is 14.0. The van der Waals surface area contributed by atoms with Crippen LogP contribution in [-0.2, 0) is 4.79 Å². The van der Waals surface area contributed by atoms with Crippen LogP contribution in [0, 0.1) is 40.4 Å². The number of rotatable bonds is 2. The van der Waals surface area contributed by atoms with Crippen LogP contribution in [0.25, 0.3) is 0 Å². The minimum absolute atomic E-state index is 0.402. The van der Waals surface area contributed by atoms with Crippen LogP contribution in [0.4, 0.5) is 0 Å². The summed E-state index contributed by atoms with van der Waals surface area (Å²) in [6.45, 7) is 11.7. The molecule has 0 aromatic heterocycles. The van der Waals surface area contributed by atoms with E-state index < -0.39 is 0 Å². The number of hydrogen-bond acceptors (Lipinski definition) is 1. The van der Waals surface area contributed by atoms with Gasteiger partial charge >= 0.3 is 0 Å². The molecule has 108 valence electrons. The Labute approximate surface area is 118 Å². The molecule has 0 radical (unpaired) electrons. The molecule has 1 spiro atoms. The first-order valence-electron chi connectivity index (χ1n) is 8.28. The Bertz CT molecular complexity index is 396. The maximum atomic E-state index is 11.7. The molecule has 2 bridgehead atoms. The highest BCUT2D eigenvalue weighted by atomic mass is 16.1. The Morgan fingerprint density at radius 2 is 1.95 bits per heavy atom. The third kappa shape index (κ3) is 1.69. The molecule has 1 heteroatoms. The first-order chi connectivity index (χ1) is 8.79. The molecule has 0 aromatic carbocycles. The maximum absolute atomic E-state index is 11.7. The fourth-order valence-corrected chi connectivity index (χ4v) is 6.89. The lowest BCUT2D eigenvalue weighted by Gasteiger charge is -2.39. The van der Waals surface area contributed by atoms with Crippen molar-refractivity contribution >= 4 is 5.78 Å². The molecule has 0 N–H and O–H groups in total. The van der Waals surface area contributed by atoms with E-state index in [-0.39, 0.29) is 0 Å². The molecule has 19 heavy (non-hydrogen) atoms. The minimum Gasteiger partial charge on any atom is -0.300 e. The number of hydrogen-bond donors (Lipinski definition) is 0. The molecule has 3 aliphatic rings. The highest BCUT2D eigenvalue weighted by Crippen LogP contribution is 2.74. The van der Waals surface area contributed by atoms with Crippen LogP contribution in [0.1, 0.15) is 66.7 Å². The zero-order valence-electron chi connectivity index (χ0n) is 13.3. The van der Waals surface area contributed by atoms with Crippen LogP contribution < -0.4 is 0 Å². The van der Waals surface area contributed by atoms with Crippen LogP contribution in [0.5, 0.6) is 0 Å². The predicted octanol–water partition coefficient (Wildman–Crippen LogP) is 4.70. The quantitative estimate of drug-likeness (QED) is 0.705. The van der Waals surface area contributed by atoms with Gasteiger partial charge in [-0.2, -0.15) is 0 Å². The summed E-state index contributed by atoms with van der Waals surface area (Å²) in [6.07, 6.45) is 6.42. The molecule has 6 atom stereocenters. The van der Waals surface area contributed by atoms with E-state index in [0.717, 1.165) is 30.1 Å². The second-order valence-corrected chi connectivity index (χ2v) is 8.66. The van der Waals surface area contributed by atoms with Crippen molar-refractivity contribution in [3.05, 3.63) is 0 Å². The van der Waals surface area contributed by atoms with E-state index in [0.29, 0.717) is 22.5 Å². The van der Waals surface area contributed by atoms with Crippen molar-refractivity contribution in [1.29, 1.82) is 0 Å². The van der Waals surface area contributed by atoms with E-state index in [1.807, 2.05) is 0 Å². The maximum Gasteiger partial charge on any atom is 0.130 e. The fraction of sp³-hybridized carbons (Fsp3) is 0.944. The number of fused-ring (bicyclic) bond motifs is 1. The molecular formula is C18H30O. The molecule has 3 rings (SSSR count). The minimum atomic E-state index is 0.402. The summed E-state index contributed by atoms with van der Waals surface area (Å²) in [5, 5.41) is 0. The molecule has 3 saturated carbocycles. The molecule has 3 aliphatic carbocycles. The van der Waals surface area contributed by atoms with E-state index >= 15 is 0 Å². The smallest absolute Gasteiger partial charge is 0.130 e. The van der Waals surface area contributed by atoms with Crippen LogP contribution in [0.2, 0.25) is 0 Å². The highest BCUT2D eigenvalue weighted by Gasteiger charge is 2.67. The molecule has 0 heterocycles. The molecule has 1 unspecified atom stereocenters. The predicted molar refractivity (Wildman–Crippen MR) is 78.8 cm³/mol. The molecular weight excluding hydrogens is 232 g/mol. The van der Waals surface area contributed by atoms with Crippen LogP contribution in [0.15, 0.2) is 0 Å². The normalized spacial score (nSPS) is 51.1. The van der Waals surface area contributed by atoms with Crippen molar-refractivity contribution in [1.82, 2.24) is 0 Å². The topological polar surface area (TPSA) is 17.1 Å². The number of Topliss-reactive ketones (excluding diaryl/α,β-unsaturated/α-hetero) is 1. The summed E-state index contributed by atoms with van der Waals surface area (Å²) in [4.78, 5) is 11.7. The second kappa shape index (κ2) is 4.09. The average molecular weight is 262 g/mol. The van der Waals surface area contributed by atoms with Crippen molar-refractivity contribution in [2.24, 2.45) is 40.4 Å². The largest absolute Gasteiger partial charge is 0.300 e. The lowest BCUT2D eigenvalue weighted by molar-refractivity contribution is -0.118. The van der Waals surface area contributed by atoms with Gasteiger partial charge in [-0.1, -0.05) is 27.7 Å². The fourth-order valence-electron chi connectivity index (χ4n) is 6.89. The first-order valence-corrected chi connectivity index (χ1v) is 8.28. The van der Waals surface area contributed by atoms with Gasteiger partial charge in [0.1, 0.15) is 5.78 Å². The van der Waals surface area contributed by atoms with E-state index in [2.05, 4.69) is 27.7 Å². The summed E-state index contributed by atoms with van der Waals surface area (Å²) in [5.74, 6) is 4.48. The van der Waals surface area contributed by atoms with Gasteiger partial charge in [-0.25, -0.2) is 0 Å². The van der Waals surface area contributed by atoms with Gasteiger partial charge in [0.25, 0.3) is 0 Å². The van der Waals surface area contributed by atoms with Crippen molar-refractivity contribution in [3.63, 3.8) is 0 Å². The summed E-state index contributed by atoms with van der Waals surface area (Å²) < 4.78 is 0. The molecule has 0 amide bonds. The summed E-state index contributed by atoms with van der Waals surface area (Å²) in [5.41, 5.74) is 1.03. The van der Waals surface area contributed by atoms with E-state index in [1.165, 1.54) is 25.7 Å². The second-order valence-electron chi connectivity index (χ2n) is 8.66. The number of carbonyl (C=O) groups is 1. The standard InChI is InChI=1S/C18H30O/c1-11-6-7-18-10-15(11)17(4,5)16(18)14(8-12(18)2)9-13(3)19/h11-12,14-16H,6-10H2,1-5H3/t11-,12-,14?,15+,16+,18+/m1/s1. The zero-order valence-corrected chi connectivity index (χ0v) is 13.3. The number of ketones is 1. The number of carbonyl (C=O) groups excluding carboxylic acids is 1. The van der Waals surface area contributed by atoms with E-state index in [9.17, 15) is 4.79 Å². The first kappa shape index (κ1) is 13.6. The van der Waals surface area contributed by atoms with Crippen molar-refractivity contribution in [3.8, 4) is 0 Å². The van der Waals surface area contributed by atoms with E-state index in [1.54, 1.807) is 6.92 Å². The lowest BCUT2D eigenvalue weighted by atomic mass is 9.65. The molecule has 0 saturated heterocycles. The van der Waals surface area contributed by atoms with Crippen molar-refractivity contribution < 1.29 is 4.79 Å². The molecule has 0 aliphatic heterocycles. The third-order valence-corrected chi connectivity index (χ3v) is 7.39.